The van der Waals surface area contributed by atoms with Crippen LogP contribution in [0.15, 0.2) is 57.4 Å². The summed E-state index contributed by atoms with van der Waals surface area (Å²) in [5.41, 5.74) is 0.197. The number of hydrogen-bond acceptors (Lipinski definition) is 7. The van der Waals surface area contributed by atoms with Crippen molar-refractivity contribution in [3.05, 3.63) is 70.0 Å². The van der Waals surface area contributed by atoms with Gasteiger partial charge in [0.25, 0.3) is 11.5 Å². The van der Waals surface area contributed by atoms with E-state index >= 15 is 0 Å². The monoisotopic (exact) mass is 482 g/mol. The number of nitrogens with two attached hydrogens (primary N) is 1. The first-order chi connectivity index (χ1) is 16.8. The van der Waals surface area contributed by atoms with E-state index in [0.717, 1.165) is 25.2 Å². The Bertz CT molecular complexity index is 1350. The van der Waals surface area contributed by atoms with Crippen molar-refractivity contribution < 1.29 is 18.3 Å². The molecule has 1 saturated heterocycles. The maximum Gasteiger partial charge on any atom is 0.260 e. The Labute approximate surface area is 199 Å². The number of carbonyl (C=O) groups is 1. The molecule has 0 atom stereocenters. The molecule has 35 heavy (non-hydrogen) atoms. The standard InChI is InChI=1S/C24H24F2N6O3/c1-31-6-8-32(9-7-31)23(33)14-35-17-4-2-16(3-5-17)28-13-22(30-27)18-10-15-11-19(25)20(26)12-21(15)29-24(18)34/h2-5,10-13H,6-9,14,27H2,1H3,(H,29,34). The molecule has 11 heteroatoms. The molecular weight excluding hydrogens is 458 g/mol. The molecule has 0 unspecified atom stereocenters. The van der Waals surface area contributed by atoms with Crippen molar-refractivity contribution in [3.8, 4) is 5.75 Å². The molecule has 3 aromatic rings. The number of pyridine rings is 1. The Morgan fingerprint density at radius 3 is 2.49 bits per heavy atom. The van der Waals surface area contributed by atoms with Gasteiger partial charge in [-0.05, 0) is 43.4 Å². The maximum atomic E-state index is 13.6. The van der Waals surface area contributed by atoms with E-state index < -0.39 is 17.2 Å². The van der Waals surface area contributed by atoms with Crippen molar-refractivity contribution >= 4 is 34.4 Å². The van der Waals surface area contributed by atoms with E-state index in [9.17, 15) is 18.4 Å². The molecule has 1 aliphatic heterocycles. The fourth-order valence-electron chi connectivity index (χ4n) is 3.62. The van der Waals surface area contributed by atoms with Crippen LogP contribution in [0.25, 0.3) is 10.9 Å². The van der Waals surface area contributed by atoms with Gasteiger partial charge in [0.15, 0.2) is 18.2 Å². The lowest BCUT2D eigenvalue weighted by Crippen LogP contribution is -2.48. The van der Waals surface area contributed by atoms with Crippen LogP contribution in [-0.2, 0) is 4.79 Å². The zero-order valence-electron chi connectivity index (χ0n) is 19.0. The highest BCUT2D eigenvalue weighted by molar-refractivity contribution is 6.38. The predicted octanol–water partition coefficient (Wildman–Crippen LogP) is 2.02. The number of halogens is 2. The average molecular weight is 482 g/mol. The van der Waals surface area contributed by atoms with E-state index in [0.29, 0.717) is 24.5 Å². The number of rotatable bonds is 6. The summed E-state index contributed by atoms with van der Waals surface area (Å²) in [6, 6.07) is 9.93. The second kappa shape index (κ2) is 10.4. The first kappa shape index (κ1) is 24.0. The van der Waals surface area contributed by atoms with E-state index in [-0.39, 0.29) is 34.7 Å². The van der Waals surface area contributed by atoms with Crippen molar-refractivity contribution in [1.82, 2.24) is 14.8 Å². The van der Waals surface area contributed by atoms with Crippen LogP contribution in [-0.4, -0.2) is 72.5 Å². The number of fused-ring (bicyclic) bond motifs is 1. The third-order valence-electron chi connectivity index (χ3n) is 5.69. The average Bonchev–Trinajstić information content (AvgIpc) is 2.85. The van der Waals surface area contributed by atoms with Gasteiger partial charge in [-0.15, -0.1) is 0 Å². The van der Waals surface area contributed by atoms with Crippen molar-refractivity contribution in [2.45, 2.75) is 0 Å². The first-order valence-electron chi connectivity index (χ1n) is 10.9. The summed E-state index contributed by atoms with van der Waals surface area (Å²) < 4.78 is 32.6. The van der Waals surface area contributed by atoms with Gasteiger partial charge in [0.1, 0.15) is 11.5 Å². The van der Waals surface area contributed by atoms with E-state index in [4.69, 9.17) is 10.6 Å². The zero-order valence-corrected chi connectivity index (χ0v) is 19.0. The third kappa shape index (κ3) is 5.69. The Hall–Kier alpha value is -4.12. The van der Waals surface area contributed by atoms with Crippen molar-refractivity contribution in [3.63, 3.8) is 0 Å². The lowest BCUT2D eigenvalue weighted by molar-refractivity contribution is -0.134. The molecule has 182 valence electrons. The minimum Gasteiger partial charge on any atom is -0.484 e. The summed E-state index contributed by atoms with van der Waals surface area (Å²) >= 11 is 0. The van der Waals surface area contributed by atoms with E-state index in [2.05, 4.69) is 20.0 Å². The summed E-state index contributed by atoms with van der Waals surface area (Å²) in [6.07, 6.45) is 1.29. The topological polar surface area (TPSA) is 116 Å². The first-order valence-corrected chi connectivity index (χ1v) is 10.9. The largest absolute Gasteiger partial charge is 0.484 e. The fourth-order valence-corrected chi connectivity index (χ4v) is 3.62. The van der Waals surface area contributed by atoms with Crippen LogP contribution >= 0.6 is 0 Å². The molecule has 1 aliphatic rings. The number of likely N-dealkylation sites (N-methyl/N-ethyl adjacent to an activating group) is 1. The summed E-state index contributed by atoms with van der Waals surface area (Å²) in [7, 11) is 2.02. The SMILES string of the molecule is CN1CCN(C(=O)COc2ccc(N=CC(=NN)c3cc4cc(F)c(F)cc4[nH]c3=O)cc2)CC1. The number of hydrazone groups is 1. The second-order valence-electron chi connectivity index (χ2n) is 8.10. The van der Waals surface area contributed by atoms with E-state index in [1.807, 2.05) is 7.05 Å². The van der Waals surface area contributed by atoms with Gasteiger partial charge in [-0.3, -0.25) is 14.6 Å². The smallest absolute Gasteiger partial charge is 0.260 e. The summed E-state index contributed by atoms with van der Waals surface area (Å²) in [4.78, 5) is 35.4. The highest BCUT2D eigenvalue weighted by atomic mass is 19.2. The number of nitrogens with zero attached hydrogens (tertiary/aromatic N) is 4. The maximum absolute atomic E-state index is 13.6. The zero-order chi connectivity index (χ0) is 24.9. The number of ether oxygens (including phenoxy) is 1. The van der Waals surface area contributed by atoms with Crippen LogP contribution in [0.2, 0.25) is 0 Å². The highest BCUT2D eigenvalue weighted by Gasteiger charge is 2.19. The number of benzene rings is 2. The molecule has 9 nitrogen and oxygen atoms in total. The molecule has 1 aromatic heterocycles. The summed E-state index contributed by atoms with van der Waals surface area (Å²) in [5.74, 6) is 3.80. The number of aromatic amines is 1. The highest BCUT2D eigenvalue weighted by Crippen LogP contribution is 2.19. The number of aliphatic imine (C=N–C) groups is 1. The van der Waals surface area contributed by atoms with Gasteiger partial charge in [0.05, 0.1) is 23.0 Å². The van der Waals surface area contributed by atoms with E-state index in [1.165, 1.54) is 12.3 Å². The van der Waals surface area contributed by atoms with Gasteiger partial charge < -0.3 is 25.4 Å². The molecular formula is C24H24F2N6O3. The molecule has 0 saturated carbocycles. The number of piperazine rings is 1. The molecule has 2 aromatic carbocycles. The van der Waals surface area contributed by atoms with Gasteiger partial charge in [-0.1, -0.05) is 0 Å². The molecule has 0 aliphatic carbocycles. The second-order valence-corrected chi connectivity index (χ2v) is 8.10. The molecule has 1 fully saturated rings. The molecule has 2 heterocycles. The van der Waals surface area contributed by atoms with Gasteiger partial charge in [-0.25, -0.2) is 8.78 Å². The van der Waals surface area contributed by atoms with Gasteiger partial charge in [0, 0.05) is 37.6 Å². The Kier molecular flexibility index (Phi) is 7.16. The van der Waals surface area contributed by atoms with Gasteiger partial charge in [-0.2, -0.15) is 5.10 Å². The molecule has 3 N–H and O–H groups in total. The van der Waals surface area contributed by atoms with E-state index in [1.54, 1.807) is 29.2 Å². The molecule has 0 spiro atoms. The van der Waals surface area contributed by atoms with Crippen LogP contribution in [0.3, 0.4) is 0 Å². The van der Waals surface area contributed by atoms with Crippen molar-refractivity contribution in [2.24, 2.45) is 15.9 Å². The number of aromatic nitrogens is 1. The van der Waals surface area contributed by atoms with Gasteiger partial charge >= 0.3 is 0 Å². The van der Waals surface area contributed by atoms with Gasteiger partial charge in [0.2, 0.25) is 0 Å². The molecule has 4 rings (SSSR count). The molecule has 1 amide bonds. The summed E-state index contributed by atoms with van der Waals surface area (Å²) in [6.45, 7) is 3.00. The quantitative estimate of drug-likeness (QED) is 0.317. The summed E-state index contributed by atoms with van der Waals surface area (Å²) in [5, 5.41) is 3.88. The number of H-pyrrole nitrogens is 1. The third-order valence-corrected chi connectivity index (χ3v) is 5.69. The van der Waals surface area contributed by atoms with Crippen molar-refractivity contribution in [1.29, 1.82) is 0 Å². The molecule has 0 bridgehead atoms. The van der Waals surface area contributed by atoms with Crippen LogP contribution in [0.1, 0.15) is 5.56 Å². The number of nitrogens with one attached hydrogen (secondary N) is 1. The molecule has 0 radical (unpaired) electrons. The Morgan fingerprint density at radius 2 is 1.80 bits per heavy atom. The van der Waals surface area contributed by atoms with Crippen LogP contribution in [0.5, 0.6) is 5.75 Å². The fraction of sp³-hybridized carbons (Fsp3) is 0.250. The Balaban J connectivity index is 1.42. The minimum absolute atomic E-state index is 0.0501. The normalized spacial score (nSPS) is 15.2. The van der Waals surface area contributed by atoms with Crippen LogP contribution in [0, 0.1) is 11.6 Å². The lowest BCUT2D eigenvalue weighted by atomic mass is 10.1. The van der Waals surface area contributed by atoms with Crippen LogP contribution < -0.4 is 16.1 Å². The predicted molar refractivity (Wildman–Crippen MR) is 129 cm³/mol. The Morgan fingerprint density at radius 1 is 1.11 bits per heavy atom. The number of carbonyl (C=O) groups excluding carboxylic acids is 1. The number of hydrogen-bond donors (Lipinski definition) is 2. The lowest BCUT2D eigenvalue weighted by Gasteiger charge is -2.32. The number of amides is 1. The minimum atomic E-state index is -1.06. The van der Waals surface area contributed by atoms with Crippen LogP contribution in [0.4, 0.5) is 14.5 Å². The van der Waals surface area contributed by atoms with Crippen molar-refractivity contribution in [2.75, 3.05) is 39.8 Å².